The van der Waals surface area contributed by atoms with E-state index in [-0.39, 0.29) is 5.92 Å². The first-order chi connectivity index (χ1) is 13.3. The van der Waals surface area contributed by atoms with Crippen LogP contribution in [0.1, 0.15) is 23.4 Å². The van der Waals surface area contributed by atoms with Gasteiger partial charge in [-0.1, -0.05) is 6.07 Å². The molecule has 3 heterocycles. The van der Waals surface area contributed by atoms with E-state index in [9.17, 15) is 4.79 Å². The maximum Gasteiger partial charge on any atom is 0.231 e. The topological polar surface area (TPSA) is 70.7 Å². The second-order valence-corrected chi connectivity index (χ2v) is 7.56. The number of aromatic amines is 1. The molecule has 5 rings (SSSR count). The molecule has 2 aromatic rings. The minimum atomic E-state index is 0.0957. The highest BCUT2D eigenvalue weighted by atomic mass is 16.7. The van der Waals surface area contributed by atoms with Gasteiger partial charge in [0.2, 0.25) is 12.7 Å². The molecule has 1 amide bonds. The van der Waals surface area contributed by atoms with Crippen molar-refractivity contribution in [3.8, 4) is 11.5 Å². The summed E-state index contributed by atoms with van der Waals surface area (Å²) in [6.45, 7) is 4.59. The first-order valence-electron chi connectivity index (χ1n) is 9.67. The van der Waals surface area contributed by atoms with Crippen LogP contribution < -0.4 is 9.47 Å². The highest BCUT2D eigenvalue weighted by Crippen LogP contribution is 2.33. The maximum atomic E-state index is 12.9. The molecule has 0 saturated carbocycles. The predicted molar refractivity (Wildman–Crippen MR) is 98.5 cm³/mol. The van der Waals surface area contributed by atoms with E-state index in [0.29, 0.717) is 12.7 Å². The van der Waals surface area contributed by atoms with Crippen molar-refractivity contribution in [2.24, 2.45) is 5.92 Å². The van der Waals surface area contributed by atoms with Crippen LogP contribution in [0.25, 0.3) is 0 Å². The number of hydrogen-bond acceptors (Lipinski definition) is 5. The first kappa shape index (κ1) is 16.6. The number of nitrogens with zero attached hydrogens (tertiary/aromatic N) is 3. The fourth-order valence-corrected chi connectivity index (χ4v) is 4.29. The number of nitrogens with one attached hydrogen (secondary N) is 1. The van der Waals surface area contributed by atoms with Crippen LogP contribution in [0.5, 0.6) is 11.5 Å². The van der Waals surface area contributed by atoms with Crippen molar-refractivity contribution in [2.45, 2.75) is 25.8 Å². The number of rotatable bonds is 3. The van der Waals surface area contributed by atoms with Crippen LogP contribution in [0.15, 0.2) is 24.5 Å². The summed E-state index contributed by atoms with van der Waals surface area (Å²) in [4.78, 5) is 24.9. The molecule has 0 unspecified atom stereocenters. The Morgan fingerprint density at radius 2 is 2.04 bits per heavy atom. The fraction of sp³-hybridized carbons (Fsp3) is 0.500. The molecule has 1 N–H and O–H groups in total. The van der Waals surface area contributed by atoms with E-state index < -0.39 is 0 Å². The van der Waals surface area contributed by atoms with Crippen molar-refractivity contribution < 1.29 is 14.3 Å². The Morgan fingerprint density at radius 1 is 1.19 bits per heavy atom. The highest BCUT2D eigenvalue weighted by molar-refractivity contribution is 5.79. The normalized spacial score (nSPS) is 21.9. The molecule has 142 valence electrons. The summed E-state index contributed by atoms with van der Waals surface area (Å²) >= 11 is 0. The summed E-state index contributed by atoms with van der Waals surface area (Å²) in [5, 5.41) is 0. The summed E-state index contributed by atoms with van der Waals surface area (Å²) in [5.41, 5.74) is 3.49. The second kappa shape index (κ2) is 6.88. The zero-order valence-corrected chi connectivity index (χ0v) is 15.3. The average Bonchev–Trinajstić information content (AvgIpc) is 3.36. The Bertz CT molecular complexity index is 842. The summed E-state index contributed by atoms with van der Waals surface area (Å²) in [5.74, 6) is 2.05. The summed E-state index contributed by atoms with van der Waals surface area (Å²) < 4.78 is 10.8. The molecule has 1 atom stereocenters. The second-order valence-electron chi connectivity index (χ2n) is 7.56. The molecule has 3 aliphatic rings. The van der Waals surface area contributed by atoms with Crippen LogP contribution in [0, 0.1) is 5.92 Å². The van der Waals surface area contributed by atoms with Gasteiger partial charge in [0, 0.05) is 50.8 Å². The van der Waals surface area contributed by atoms with Crippen LogP contribution in [-0.2, 0) is 24.2 Å². The SMILES string of the molecule is O=C([C@@H]1CCc2nc[nH]c2C1)N1CCN(Cc2ccc3c(c2)OCO3)CC1. The minimum absolute atomic E-state index is 0.0957. The van der Waals surface area contributed by atoms with Gasteiger partial charge in [0.05, 0.1) is 12.0 Å². The van der Waals surface area contributed by atoms with Crippen LogP contribution in [0.2, 0.25) is 0 Å². The number of H-pyrrole nitrogens is 1. The number of hydrogen-bond donors (Lipinski definition) is 1. The van der Waals surface area contributed by atoms with Crippen LogP contribution in [0.3, 0.4) is 0 Å². The Kier molecular flexibility index (Phi) is 4.24. The summed E-state index contributed by atoms with van der Waals surface area (Å²) in [6, 6.07) is 6.13. The van der Waals surface area contributed by atoms with E-state index in [0.717, 1.165) is 74.9 Å². The van der Waals surface area contributed by atoms with E-state index in [1.807, 2.05) is 11.0 Å². The number of imidazole rings is 1. The van der Waals surface area contributed by atoms with Crippen molar-refractivity contribution in [2.75, 3.05) is 33.0 Å². The van der Waals surface area contributed by atoms with Crippen molar-refractivity contribution in [3.63, 3.8) is 0 Å². The van der Waals surface area contributed by atoms with Gasteiger partial charge in [-0.25, -0.2) is 4.98 Å². The van der Waals surface area contributed by atoms with Crippen molar-refractivity contribution in [3.05, 3.63) is 41.5 Å². The third kappa shape index (κ3) is 3.27. The molecule has 1 aliphatic carbocycles. The Morgan fingerprint density at radius 3 is 2.93 bits per heavy atom. The number of amides is 1. The lowest BCUT2D eigenvalue weighted by molar-refractivity contribution is -0.137. The number of aromatic nitrogens is 2. The van der Waals surface area contributed by atoms with Crippen molar-refractivity contribution in [1.82, 2.24) is 19.8 Å². The third-order valence-electron chi connectivity index (χ3n) is 5.86. The molecule has 1 aromatic carbocycles. The Hall–Kier alpha value is -2.54. The molecule has 27 heavy (non-hydrogen) atoms. The van der Waals surface area contributed by atoms with Gasteiger partial charge in [-0.15, -0.1) is 0 Å². The van der Waals surface area contributed by atoms with E-state index in [1.54, 1.807) is 6.33 Å². The van der Waals surface area contributed by atoms with Gasteiger partial charge in [-0.05, 0) is 30.5 Å². The standard InChI is InChI=1S/C20H24N4O3/c25-20(15-2-3-16-17(10-15)22-12-21-16)24-7-5-23(6-8-24)11-14-1-4-18-19(9-14)27-13-26-18/h1,4,9,12,15H,2-3,5-8,10-11,13H2,(H,21,22)/t15-/m1/s1. The predicted octanol–water partition coefficient (Wildman–Crippen LogP) is 1.59. The quantitative estimate of drug-likeness (QED) is 0.891. The molecule has 7 nitrogen and oxygen atoms in total. The average molecular weight is 368 g/mol. The van der Waals surface area contributed by atoms with Gasteiger partial charge in [0.25, 0.3) is 0 Å². The van der Waals surface area contributed by atoms with Gasteiger partial charge in [-0.2, -0.15) is 0 Å². The smallest absolute Gasteiger partial charge is 0.231 e. The van der Waals surface area contributed by atoms with Gasteiger partial charge in [0.15, 0.2) is 11.5 Å². The van der Waals surface area contributed by atoms with Crippen LogP contribution >= 0.6 is 0 Å². The lowest BCUT2D eigenvalue weighted by Gasteiger charge is -2.37. The molecule has 1 aromatic heterocycles. The summed E-state index contributed by atoms with van der Waals surface area (Å²) in [6.07, 6.45) is 4.35. The molecule has 0 spiro atoms. The molecule has 1 saturated heterocycles. The number of piperazine rings is 1. The third-order valence-corrected chi connectivity index (χ3v) is 5.86. The zero-order chi connectivity index (χ0) is 18.2. The number of aryl methyl sites for hydroxylation is 1. The molecule has 0 bridgehead atoms. The van der Waals surface area contributed by atoms with Gasteiger partial charge < -0.3 is 19.4 Å². The van der Waals surface area contributed by atoms with E-state index in [1.165, 1.54) is 5.56 Å². The van der Waals surface area contributed by atoms with E-state index in [2.05, 4.69) is 27.0 Å². The first-order valence-corrected chi connectivity index (χ1v) is 9.67. The molecule has 2 aliphatic heterocycles. The molecule has 0 radical (unpaired) electrons. The highest BCUT2D eigenvalue weighted by Gasteiger charge is 2.31. The zero-order valence-electron chi connectivity index (χ0n) is 15.3. The number of carbonyl (C=O) groups excluding carboxylic acids is 1. The lowest BCUT2D eigenvalue weighted by Crippen LogP contribution is -2.50. The molecule has 1 fully saturated rings. The van der Waals surface area contributed by atoms with Crippen LogP contribution in [-0.4, -0.2) is 58.6 Å². The van der Waals surface area contributed by atoms with Crippen LogP contribution in [0.4, 0.5) is 0 Å². The van der Waals surface area contributed by atoms with Gasteiger partial charge in [-0.3, -0.25) is 9.69 Å². The fourth-order valence-electron chi connectivity index (χ4n) is 4.29. The van der Waals surface area contributed by atoms with Crippen molar-refractivity contribution in [1.29, 1.82) is 0 Å². The number of ether oxygens (including phenoxy) is 2. The van der Waals surface area contributed by atoms with Gasteiger partial charge in [0.1, 0.15) is 0 Å². The molecule has 7 heteroatoms. The van der Waals surface area contributed by atoms with Gasteiger partial charge >= 0.3 is 0 Å². The van der Waals surface area contributed by atoms with E-state index >= 15 is 0 Å². The molecular formula is C20H24N4O3. The molecular weight excluding hydrogens is 344 g/mol. The Balaban J connectivity index is 1.15. The minimum Gasteiger partial charge on any atom is -0.454 e. The monoisotopic (exact) mass is 368 g/mol. The number of carbonyl (C=O) groups is 1. The summed E-state index contributed by atoms with van der Waals surface area (Å²) in [7, 11) is 0. The largest absolute Gasteiger partial charge is 0.454 e. The lowest BCUT2D eigenvalue weighted by atomic mass is 9.88. The number of fused-ring (bicyclic) bond motifs is 2. The maximum absolute atomic E-state index is 12.9. The van der Waals surface area contributed by atoms with Crippen molar-refractivity contribution >= 4 is 5.91 Å². The number of benzene rings is 1. The van der Waals surface area contributed by atoms with E-state index in [4.69, 9.17) is 9.47 Å². The Labute approximate surface area is 158 Å².